The van der Waals surface area contributed by atoms with Crippen LogP contribution < -0.4 is 5.32 Å². The Morgan fingerprint density at radius 3 is 2.79 bits per heavy atom. The minimum Gasteiger partial charge on any atom is -0.325 e. The lowest BCUT2D eigenvalue weighted by Gasteiger charge is -2.16. The second-order valence-electron chi connectivity index (χ2n) is 4.63. The molecule has 1 aliphatic rings. The van der Waals surface area contributed by atoms with Crippen molar-refractivity contribution in [3.63, 3.8) is 0 Å². The number of rotatable bonds is 2. The Labute approximate surface area is 111 Å². The van der Waals surface area contributed by atoms with Crippen molar-refractivity contribution in [2.75, 3.05) is 18.4 Å². The molecule has 0 radical (unpaired) electrons. The van der Waals surface area contributed by atoms with Crippen molar-refractivity contribution in [2.45, 2.75) is 12.8 Å². The smallest absolute Gasteiger partial charge is 0.321 e. The first-order valence-electron chi connectivity index (χ1n) is 6.49. The van der Waals surface area contributed by atoms with Crippen LogP contribution in [0.5, 0.6) is 0 Å². The van der Waals surface area contributed by atoms with E-state index < -0.39 is 0 Å². The first kappa shape index (κ1) is 11.8. The van der Waals surface area contributed by atoms with Crippen LogP contribution in [0.4, 0.5) is 10.5 Å². The number of benzene rings is 1. The predicted octanol–water partition coefficient (Wildman–Crippen LogP) is 2.50. The fourth-order valence-electron chi connectivity index (χ4n) is 2.27. The standard InChI is InChI=1S/C14H16N4O/c19-14(17-8-1-2-9-17)16-12-5-3-6-13(11-12)18-10-4-7-15-18/h3-7,10-11H,1-2,8-9H2,(H,16,19). The highest BCUT2D eigenvalue weighted by molar-refractivity contribution is 5.89. The summed E-state index contributed by atoms with van der Waals surface area (Å²) >= 11 is 0. The van der Waals surface area contributed by atoms with E-state index in [-0.39, 0.29) is 6.03 Å². The highest BCUT2D eigenvalue weighted by Gasteiger charge is 2.17. The maximum atomic E-state index is 12.0. The van der Waals surface area contributed by atoms with Crippen LogP contribution >= 0.6 is 0 Å². The molecule has 1 aromatic heterocycles. The number of nitrogens with one attached hydrogen (secondary N) is 1. The monoisotopic (exact) mass is 256 g/mol. The molecule has 3 rings (SSSR count). The zero-order valence-electron chi connectivity index (χ0n) is 10.6. The van der Waals surface area contributed by atoms with E-state index in [4.69, 9.17) is 0 Å². The molecule has 2 aromatic rings. The lowest BCUT2D eigenvalue weighted by molar-refractivity contribution is 0.222. The summed E-state index contributed by atoms with van der Waals surface area (Å²) in [7, 11) is 0. The van der Waals surface area contributed by atoms with Gasteiger partial charge in [-0.25, -0.2) is 9.48 Å². The fraction of sp³-hybridized carbons (Fsp3) is 0.286. The molecule has 2 heterocycles. The third kappa shape index (κ3) is 2.59. The average Bonchev–Trinajstić information content (AvgIpc) is 3.13. The SMILES string of the molecule is O=C(Nc1cccc(-n2cccn2)c1)N1CCCC1. The van der Waals surface area contributed by atoms with E-state index >= 15 is 0 Å². The quantitative estimate of drug-likeness (QED) is 0.897. The van der Waals surface area contributed by atoms with Gasteiger partial charge in [-0.1, -0.05) is 6.07 Å². The molecule has 0 bridgehead atoms. The van der Waals surface area contributed by atoms with Gasteiger partial charge in [-0.2, -0.15) is 5.10 Å². The van der Waals surface area contributed by atoms with Gasteiger partial charge in [0.2, 0.25) is 0 Å². The summed E-state index contributed by atoms with van der Waals surface area (Å²) < 4.78 is 1.77. The summed E-state index contributed by atoms with van der Waals surface area (Å²) in [6.07, 6.45) is 5.80. The van der Waals surface area contributed by atoms with Gasteiger partial charge in [-0.3, -0.25) is 0 Å². The van der Waals surface area contributed by atoms with E-state index in [0.717, 1.165) is 37.3 Å². The molecule has 0 atom stereocenters. The Morgan fingerprint density at radius 2 is 2.05 bits per heavy atom. The average molecular weight is 256 g/mol. The maximum Gasteiger partial charge on any atom is 0.321 e. The lowest BCUT2D eigenvalue weighted by Crippen LogP contribution is -2.32. The summed E-state index contributed by atoms with van der Waals surface area (Å²) in [6.45, 7) is 1.70. The molecule has 1 aromatic carbocycles. The molecule has 0 saturated carbocycles. The zero-order chi connectivity index (χ0) is 13.1. The van der Waals surface area contributed by atoms with E-state index in [1.54, 1.807) is 10.9 Å². The number of aromatic nitrogens is 2. The van der Waals surface area contributed by atoms with Gasteiger partial charge < -0.3 is 10.2 Å². The number of hydrogen-bond acceptors (Lipinski definition) is 2. The zero-order valence-corrected chi connectivity index (χ0v) is 10.6. The summed E-state index contributed by atoms with van der Waals surface area (Å²) in [4.78, 5) is 13.9. The van der Waals surface area contributed by atoms with Crippen LogP contribution in [0, 0.1) is 0 Å². The Morgan fingerprint density at radius 1 is 1.21 bits per heavy atom. The first-order valence-corrected chi connectivity index (χ1v) is 6.49. The Bertz CT molecular complexity index is 559. The summed E-state index contributed by atoms with van der Waals surface area (Å²) in [5, 5.41) is 7.11. The van der Waals surface area contributed by atoms with Crippen LogP contribution in [-0.2, 0) is 0 Å². The number of anilines is 1. The van der Waals surface area contributed by atoms with E-state index in [9.17, 15) is 4.79 Å². The first-order chi connectivity index (χ1) is 9.33. The van der Waals surface area contributed by atoms with Crippen molar-refractivity contribution in [3.05, 3.63) is 42.7 Å². The second kappa shape index (κ2) is 5.14. The van der Waals surface area contributed by atoms with Crippen molar-refractivity contribution < 1.29 is 4.79 Å². The van der Waals surface area contributed by atoms with Gasteiger partial charge in [0.25, 0.3) is 0 Å². The molecule has 2 amide bonds. The van der Waals surface area contributed by atoms with Crippen LogP contribution in [0.2, 0.25) is 0 Å². The molecular formula is C14H16N4O. The van der Waals surface area contributed by atoms with Crippen molar-refractivity contribution in [1.29, 1.82) is 0 Å². The van der Waals surface area contributed by atoms with Crippen molar-refractivity contribution in [3.8, 4) is 5.69 Å². The summed E-state index contributed by atoms with van der Waals surface area (Å²) in [5.74, 6) is 0. The molecule has 19 heavy (non-hydrogen) atoms. The summed E-state index contributed by atoms with van der Waals surface area (Å²) in [5.41, 5.74) is 1.73. The van der Waals surface area contributed by atoms with Crippen LogP contribution in [0.25, 0.3) is 5.69 Å². The number of hydrogen-bond donors (Lipinski definition) is 1. The maximum absolute atomic E-state index is 12.0. The van der Waals surface area contributed by atoms with Gasteiger partial charge in [-0.05, 0) is 37.1 Å². The van der Waals surface area contributed by atoms with E-state index in [1.165, 1.54) is 0 Å². The number of carbonyl (C=O) groups excluding carboxylic acids is 1. The van der Waals surface area contributed by atoms with Gasteiger partial charge in [0, 0.05) is 31.2 Å². The molecule has 0 unspecified atom stereocenters. The van der Waals surface area contributed by atoms with E-state index in [1.807, 2.05) is 41.4 Å². The molecule has 5 heteroatoms. The van der Waals surface area contributed by atoms with Crippen LogP contribution in [0.3, 0.4) is 0 Å². The van der Waals surface area contributed by atoms with Crippen molar-refractivity contribution in [1.82, 2.24) is 14.7 Å². The highest BCUT2D eigenvalue weighted by Crippen LogP contribution is 2.16. The largest absolute Gasteiger partial charge is 0.325 e. The fourth-order valence-corrected chi connectivity index (χ4v) is 2.27. The molecule has 1 saturated heterocycles. The third-order valence-electron chi connectivity index (χ3n) is 3.26. The highest BCUT2D eigenvalue weighted by atomic mass is 16.2. The Kier molecular flexibility index (Phi) is 3.18. The van der Waals surface area contributed by atoms with Gasteiger partial charge in [0.05, 0.1) is 5.69 Å². The van der Waals surface area contributed by atoms with Crippen molar-refractivity contribution >= 4 is 11.7 Å². The molecule has 98 valence electrons. The van der Waals surface area contributed by atoms with Crippen LogP contribution in [0.1, 0.15) is 12.8 Å². The Hall–Kier alpha value is -2.30. The number of nitrogens with zero attached hydrogens (tertiary/aromatic N) is 3. The topological polar surface area (TPSA) is 50.2 Å². The van der Waals surface area contributed by atoms with Gasteiger partial charge in [0.15, 0.2) is 0 Å². The Balaban J connectivity index is 1.74. The van der Waals surface area contributed by atoms with Gasteiger partial charge in [-0.15, -0.1) is 0 Å². The van der Waals surface area contributed by atoms with Crippen LogP contribution in [-0.4, -0.2) is 33.8 Å². The van der Waals surface area contributed by atoms with E-state index in [0.29, 0.717) is 0 Å². The number of carbonyl (C=O) groups is 1. The molecule has 0 spiro atoms. The molecule has 5 nitrogen and oxygen atoms in total. The normalized spacial score (nSPS) is 14.6. The van der Waals surface area contributed by atoms with E-state index in [2.05, 4.69) is 10.4 Å². The third-order valence-corrected chi connectivity index (χ3v) is 3.26. The summed E-state index contributed by atoms with van der Waals surface area (Å²) in [6, 6.07) is 9.53. The minimum absolute atomic E-state index is 0.0184. The molecule has 1 aliphatic heterocycles. The van der Waals surface area contributed by atoms with Gasteiger partial charge >= 0.3 is 6.03 Å². The van der Waals surface area contributed by atoms with Crippen LogP contribution in [0.15, 0.2) is 42.7 Å². The minimum atomic E-state index is -0.0184. The van der Waals surface area contributed by atoms with Crippen molar-refractivity contribution in [2.24, 2.45) is 0 Å². The van der Waals surface area contributed by atoms with Gasteiger partial charge in [0.1, 0.15) is 0 Å². The molecule has 1 N–H and O–H groups in total. The molecule has 1 fully saturated rings. The molecule has 0 aliphatic carbocycles. The lowest BCUT2D eigenvalue weighted by atomic mass is 10.3. The predicted molar refractivity (Wildman–Crippen MR) is 73.4 cm³/mol. The second-order valence-corrected chi connectivity index (χ2v) is 4.63. The molecular weight excluding hydrogens is 240 g/mol. The number of urea groups is 1. The number of amides is 2. The number of likely N-dealkylation sites (tertiary alicyclic amines) is 1.